The van der Waals surface area contributed by atoms with E-state index in [0.717, 1.165) is 16.7 Å². The van der Waals surface area contributed by atoms with Crippen molar-refractivity contribution in [3.8, 4) is 11.3 Å². The molecule has 1 saturated heterocycles. The number of ketones is 1. The van der Waals surface area contributed by atoms with E-state index < -0.39 is 11.4 Å². The number of halogens is 1. The first-order chi connectivity index (χ1) is 20.2. The molecule has 1 aromatic heterocycles. The number of carbonyl (C=O) groups is 1. The van der Waals surface area contributed by atoms with Crippen LogP contribution in [0.5, 0.6) is 0 Å². The van der Waals surface area contributed by atoms with Crippen molar-refractivity contribution < 1.29 is 13.9 Å². The lowest BCUT2D eigenvalue weighted by molar-refractivity contribution is -0.120. The Morgan fingerprint density at radius 2 is 1.37 bits per heavy atom. The minimum absolute atomic E-state index is 0.00396. The quantitative estimate of drug-likeness (QED) is 0.150. The van der Waals surface area contributed by atoms with Crippen molar-refractivity contribution in [2.75, 3.05) is 13.2 Å². The largest absolute Gasteiger partial charge is 0.381 e. The molecule has 0 saturated carbocycles. The van der Waals surface area contributed by atoms with Gasteiger partial charge in [0, 0.05) is 36.5 Å². The maximum absolute atomic E-state index is 15.2. The minimum Gasteiger partial charge on any atom is -0.381 e. The zero-order chi connectivity index (χ0) is 28.1. The fourth-order valence-electron chi connectivity index (χ4n) is 5.84. The van der Waals surface area contributed by atoms with Gasteiger partial charge in [0.2, 0.25) is 0 Å². The Morgan fingerprint density at radius 1 is 0.805 bits per heavy atom. The number of allylic oxidation sites excluding steroid dienone is 1. The van der Waals surface area contributed by atoms with E-state index in [4.69, 9.17) is 9.72 Å². The fraction of sp³-hybridized carbons (Fsp3) is 0.167. The molecule has 4 aromatic carbocycles. The number of ether oxygens (including phenoxy) is 1. The molecule has 0 radical (unpaired) electrons. The summed E-state index contributed by atoms with van der Waals surface area (Å²) >= 11 is 0. The second-order valence-electron chi connectivity index (χ2n) is 10.3. The van der Waals surface area contributed by atoms with E-state index >= 15 is 4.39 Å². The lowest BCUT2D eigenvalue weighted by atomic mass is 9.77. The molecule has 0 N–H and O–H groups in total. The molecular weight excluding hydrogens is 511 g/mol. The first-order valence-electron chi connectivity index (χ1n) is 14.0. The third kappa shape index (κ3) is 5.17. The van der Waals surface area contributed by atoms with Crippen LogP contribution in [0.3, 0.4) is 0 Å². The molecule has 2 heterocycles. The normalized spacial score (nSPS) is 14.4. The zero-order valence-corrected chi connectivity index (χ0v) is 22.7. The smallest absolute Gasteiger partial charge is 0.158 e. The molecule has 0 aliphatic carbocycles. The van der Waals surface area contributed by atoms with Crippen molar-refractivity contribution in [1.29, 1.82) is 0 Å². The van der Waals surface area contributed by atoms with Gasteiger partial charge in [-0.05, 0) is 47.8 Å². The number of hydrogen-bond acceptors (Lipinski definition) is 3. The van der Waals surface area contributed by atoms with Gasteiger partial charge in [0.25, 0.3) is 0 Å². The number of nitrogens with zero attached hydrogens (tertiary/aromatic N) is 2. The molecule has 6 rings (SSSR count). The number of carbonyl (C=O) groups excluding carboxylic acids is 1. The van der Waals surface area contributed by atoms with Gasteiger partial charge >= 0.3 is 0 Å². The second kappa shape index (κ2) is 11.9. The Hall–Kier alpha value is -4.61. The summed E-state index contributed by atoms with van der Waals surface area (Å²) < 4.78 is 22.7. The summed E-state index contributed by atoms with van der Waals surface area (Å²) in [4.78, 5) is 17.7. The summed E-state index contributed by atoms with van der Waals surface area (Å²) in [7, 11) is 0. The van der Waals surface area contributed by atoms with E-state index in [9.17, 15) is 4.79 Å². The lowest BCUT2D eigenvalue weighted by Crippen LogP contribution is -2.36. The third-order valence-electron chi connectivity index (χ3n) is 7.91. The summed E-state index contributed by atoms with van der Waals surface area (Å²) in [5.41, 5.74) is 4.09. The van der Waals surface area contributed by atoms with Crippen molar-refractivity contribution in [2.45, 2.75) is 18.4 Å². The Balaban J connectivity index is 1.48. The molecule has 1 aliphatic rings. The van der Waals surface area contributed by atoms with Crippen molar-refractivity contribution in [3.05, 3.63) is 156 Å². The SMILES string of the molecule is O=C(/C=C/c1c(F)cccc1-c1cn(C(c2ccccc2)(c2ccccc2)c2ccccc2)cn1)C1CCOCC1. The number of aromatic nitrogens is 2. The van der Waals surface area contributed by atoms with Crippen molar-refractivity contribution in [1.82, 2.24) is 9.55 Å². The monoisotopic (exact) mass is 542 g/mol. The first-order valence-corrected chi connectivity index (χ1v) is 14.0. The number of benzene rings is 4. The van der Waals surface area contributed by atoms with Gasteiger partial charge in [0.15, 0.2) is 5.78 Å². The molecule has 0 amide bonds. The topological polar surface area (TPSA) is 44.1 Å². The van der Waals surface area contributed by atoms with E-state index in [2.05, 4.69) is 41.0 Å². The molecule has 0 bridgehead atoms. The standard InChI is InChI=1S/C36H31FN2O2/c37-33-18-10-17-32(31(33)19-20-35(40)27-21-23-41-24-22-27)34-25-39(26-38-34)36(28-11-4-1-5-12-28,29-13-6-2-7-14-29)30-15-8-3-9-16-30/h1-20,25-27H,21-24H2/b20-19+. The van der Waals surface area contributed by atoms with Gasteiger partial charge in [-0.15, -0.1) is 0 Å². The van der Waals surface area contributed by atoms with E-state index in [1.54, 1.807) is 12.1 Å². The van der Waals surface area contributed by atoms with Gasteiger partial charge in [0.05, 0.1) is 12.0 Å². The van der Waals surface area contributed by atoms with Gasteiger partial charge < -0.3 is 9.30 Å². The third-order valence-corrected chi connectivity index (χ3v) is 7.91. The first kappa shape index (κ1) is 26.6. The summed E-state index contributed by atoms with van der Waals surface area (Å²) in [5.74, 6) is -0.476. The van der Waals surface area contributed by atoms with E-state index in [-0.39, 0.29) is 11.7 Å². The Labute approximate surface area is 239 Å². The molecule has 4 nitrogen and oxygen atoms in total. The van der Waals surface area contributed by atoms with Crippen LogP contribution in [0.4, 0.5) is 4.39 Å². The summed E-state index contributed by atoms with van der Waals surface area (Å²) in [6, 6.07) is 36.0. The second-order valence-corrected chi connectivity index (χ2v) is 10.3. The van der Waals surface area contributed by atoms with Crippen LogP contribution in [0.1, 0.15) is 35.1 Å². The Bertz CT molecular complexity index is 1540. The van der Waals surface area contributed by atoms with E-state index in [1.807, 2.05) is 73.2 Å². The minimum atomic E-state index is -0.725. The van der Waals surface area contributed by atoms with Crippen LogP contribution in [0.15, 0.2) is 128 Å². The number of hydrogen-bond donors (Lipinski definition) is 0. The van der Waals surface area contributed by atoms with Crippen LogP contribution in [0.25, 0.3) is 17.3 Å². The molecular formula is C36H31FN2O2. The fourth-order valence-corrected chi connectivity index (χ4v) is 5.84. The highest BCUT2D eigenvalue weighted by Crippen LogP contribution is 2.41. The molecule has 5 aromatic rings. The number of rotatable bonds is 8. The van der Waals surface area contributed by atoms with Crippen molar-refractivity contribution in [2.24, 2.45) is 5.92 Å². The zero-order valence-electron chi connectivity index (χ0n) is 22.7. The summed E-state index contributed by atoms with van der Waals surface area (Å²) in [6.45, 7) is 1.16. The van der Waals surface area contributed by atoms with Crippen molar-refractivity contribution >= 4 is 11.9 Å². The maximum Gasteiger partial charge on any atom is 0.158 e. The predicted molar refractivity (Wildman–Crippen MR) is 160 cm³/mol. The summed E-state index contributed by atoms with van der Waals surface area (Å²) in [6.07, 6.45) is 8.28. The van der Waals surface area contributed by atoms with Gasteiger partial charge in [-0.1, -0.05) is 103 Å². The molecule has 0 unspecified atom stereocenters. The van der Waals surface area contributed by atoms with Crippen LogP contribution in [0, 0.1) is 11.7 Å². The number of imidazole rings is 1. The molecule has 1 aliphatic heterocycles. The van der Waals surface area contributed by atoms with Gasteiger partial charge in [0.1, 0.15) is 11.4 Å². The van der Waals surface area contributed by atoms with Crippen LogP contribution in [-0.2, 0) is 15.1 Å². The highest BCUT2D eigenvalue weighted by atomic mass is 19.1. The highest BCUT2D eigenvalue weighted by Gasteiger charge is 2.38. The molecule has 1 fully saturated rings. The maximum atomic E-state index is 15.2. The molecule has 0 atom stereocenters. The van der Waals surface area contributed by atoms with Crippen LogP contribution >= 0.6 is 0 Å². The molecule has 204 valence electrons. The van der Waals surface area contributed by atoms with Crippen LogP contribution < -0.4 is 0 Å². The Morgan fingerprint density at radius 3 is 1.93 bits per heavy atom. The lowest BCUT2D eigenvalue weighted by Gasteiger charge is -2.37. The molecule has 41 heavy (non-hydrogen) atoms. The van der Waals surface area contributed by atoms with Crippen molar-refractivity contribution in [3.63, 3.8) is 0 Å². The van der Waals surface area contributed by atoms with Gasteiger partial charge in [-0.2, -0.15) is 0 Å². The molecule has 5 heteroatoms. The van der Waals surface area contributed by atoms with E-state index in [1.165, 1.54) is 12.1 Å². The average molecular weight is 543 g/mol. The predicted octanol–water partition coefficient (Wildman–Crippen LogP) is 7.54. The Kier molecular flexibility index (Phi) is 7.70. The van der Waals surface area contributed by atoms with Crippen LogP contribution in [0.2, 0.25) is 0 Å². The van der Waals surface area contributed by atoms with Crippen LogP contribution in [-0.4, -0.2) is 28.5 Å². The average Bonchev–Trinajstić information content (AvgIpc) is 3.53. The van der Waals surface area contributed by atoms with E-state index in [0.29, 0.717) is 42.9 Å². The summed E-state index contributed by atoms with van der Waals surface area (Å²) in [5, 5.41) is 0. The van der Waals surface area contributed by atoms with Gasteiger partial charge in [-0.25, -0.2) is 9.37 Å². The molecule has 0 spiro atoms. The van der Waals surface area contributed by atoms with Gasteiger partial charge in [-0.3, -0.25) is 4.79 Å². The highest BCUT2D eigenvalue weighted by molar-refractivity contribution is 5.96.